The Morgan fingerprint density at radius 1 is 1.02 bits per heavy atom. The highest BCUT2D eigenvalue weighted by Gasteiger charge is 2.37. The van der Waals surface area contributed by atoms with Gasteiger partial charge in [0.2, 0.25) is 17.7 Å². The highest BCUT2D eigenvalue weighted by molar-refractivity contribution is 6.31. The fourth-order valence-corrected chi connectivity index (χ4v) is 8.10. The van der Waals surface area contributed by atoms with Gasteiger partial charge in [0, 0.05) is 86.0 Å². The first-order valence-electron chi connectivity index (χ1n) is 17.8. The number of rotatable bonds is 9. The molecule has 2 aromatic rings. The number of aromatic nitrogens is 2. The minimum absolute atomic E-state index is 0.0986. The van der Waals surface area contributed by atoms with Gasteiger partial charge in [0.05, 0.1) is 18.3 Å². The number of carbonyl (C=O) groups is 3. The number of aryl methyl sites for hydroxylation is 2. The fraction of sp³-hybridized carbons (Fsp3) is 0.579. The SMILES string of the molecule is CC=CC1CC(n2c(C)nc3c2CCN(C(C)=O)C3)C=C(C)N1CCCN(C(=O)C1CCN(C(=O)C2CC2)CC1)c1ccc(C)c(Cl)c1. The predicted octanol–water partition coefficient (Wildman–Crippen LogP) is 6.23. The Morgan fingerprint density at radius 3 is 2.44 bits per heavy atom. The molecule has 1 aromatic heterocycles. The predicted molar refractivity (Wildman–Crippen MR) is 190 cm³/mol. The first kappa shape index (κ1) is 34.3. The molecule has 0 radical (unpaired) electrons. The van der Waals surface area contributed by atoms with E-state index in [0.29, 0.717) is 44.0 Å². The van der Waals surface area contributed by atoms with Gasteiger partial charge in [-0.25, -0.2) is 4.98 Å². The van der Waals surface area contributed by atoms with Gasteiger partial charge in [-0.15, -0.1) is 0 Å². The van der Waals surface area contributed by atoms with Crippen LogP contribution in [-0.2, 0) is 27.3 Å². The molecule has 0 N–H and O–H groups in total. The molecule has 1 saturated carbocycles. The summed E-state index contributed by atoms with van der Waals surface area (Å²) in [5.74, 6) is 1.61. The number of fused-ring (bicyclic) bond motifs is 1. The van der Waals surface area contributed by atoms with E-state index >= 15 is 0 Å². The van der Waals surface area contributed by atoms with Crippen LogP contribution >= 0.6 is 11.6 Å². The van der Waals surface area contributed by atoms with E-state index in [1.165, 1.54) is 11.4 Å². The number of anilines is 1. The zero-order valence-electron chi connectivity index (χ0n) is 29.3. The lowest BCUT2D eigenvalue weighted by atomic mass is 9.94. The normalized spacial score (nSPS) is 21.8. The standard InChI is InChI=1S/C38H51ClN6O3/c1-6-8-31-22-33(45-27(4)40-35-24-42(28(5)46)20-15-36(35)45)21-26(3)43(31)16-7-17-44(32-12-9-25(2)34(39)23-32)38(48)30-13-18-41(19-14-30)37(47)29-10-11-29/h6,8-9,12,21,23,29-31,33H,7,10-11,13-20,22,24H2,1-5H3. The topological polar surface area (TPSA) is 82.0 Å². The molecule has 1 saturated heterocycles. The Morgan fingerprint density at radius 2 is 1.77 bits per heavy atom. The van der Waals surface area contributed by atoms with Crippen LogP contribution in [0.15, 0.2) is 42.1 Å². The number of allylic oxidation sites excluding steroid dienone is 3. The molecule has 2 atom stereocenters. The summed E-state index contributed by atoms with van der Waals surface area (Å²) < 4.78 is 2.40. The van der Waals surface area contributed by atoms with Crippen LogP contribution in [0.5, 0.6) is 0 Å². The van der Waals surface area contributed by atoms with Crippen molar-refractivity contribution in [3.05, 3.63) is 69.9 Å². The molecule has 9 nitrogen and oxygen atoms in total. The molecule has 2 fully saturated rings. The Hall–Kier alpha value is -3.59. The number of halogens is 1. The summed E-state index contributed by atoms with van der Waals surface area (Å²) in [4.78, 5) is 52.0. The number of nitrogens with zero attached hydrogens (tertiary/aromatic N) is 6. The van der Waals surface area contributed by atoms with Crippen LogP contribution in [0.1, 0.15) is 88.1 Å². The largest absolute Gasteiger partial charge is 0.369 e. The molecule has 1 aromatic carbocycles. The van der Waals surface area contributed by atoms with E-state index in [4.69, 9.17) is 16.6 Å². The number of amides is 3. The van der Waals surface area contributed by atoms with Gasteiger partial charge in [-0.1, -0.05) is 29.8 Å². The lowest BCUT2D eigenvalue weighted by Gasteiger charge is -2.40. The summed E-state index contributed by atoms with van der Waals surface area (Å²) >= 11 is 6.57. The van der Waals surface area contributed by atoms with Crippen LogP contribution in [0.25, 0.3) is 0 Å². The van der Waals surface area contributed by atoms with E-state index in [1.54, 1.807) is 6.92 Å². The second-order valence-corrected chi connectivity index (χ2v) is 14.6. The third-order valence-corrected chi connectivity index (χ3v) is 11.2. The Bertz CT molecular complexity index is 1600. The number of piperidine rings is 1. The number of hydrogen-bond donors (Lipinski definition) is 0. The quantitative estimate of drug-likeness (QED) is 0.295. The van der Waals surface area contributed by atoms with E-state index in [9.17, 15) is 14.4 Å². The van der Waals surface area contributed by atoms with Crippen molar-refractivity contribution in [2.24, 2.45) is 11.8 Å². The van der Waals surface area contributed by atoms with Crippen molar-refractivity contribution in [3.8, 4) is 0 Å². The molecule has 0 spiro atoms. The van der Waals surface area contributed by atoms with Crippen molar-refractivity contribution in [1.82, 2.24) is 24.3 Å². The molecule has 3 amide bonds. The van der Waals surface area contributed by atoms with Gasteiger partial charge in [0.1, 0.15) is 5.82 Å². The molecular formula is C38H51ClN6O3. The molecule has 2 unspecified atom stereocenters. The second kappa shape index (κ2) is 14.5. The average molecular weight is 675 g/mol. The molecular weight excluding hydrogens is 624 g/mol. The third kappa shape index (κ3) is 7.21. The van der Waals surface area contributed by atoms with E-state index in [0.717, 1.165) is 68.0 Å². The summed E-state index contributed by atoms with van der Waals surface area (Å²) in [5, 5.41) is 0.662. The molecule has 3 aliphatic heterocycles. The van der Waals surface area contributed by atoms with Crippen molar-refractivity contribution in [1.29, 1.82) is 0 Å². The van der Waals surface area contributed by atoms with E-state index in [2.05, 4.69) is 48.5 Å². The fourth-order valence-electron chi connectivity index (χ4n) is 7.93. The van der Waals surface area contributed by atoms with E-state index in [-0.39, 0.29) is 41.6 Å². The minimum atomic E-state index is -0.103. The maximum absolute atomic E-state index is 14.1. The van der Waals surface area contributed by atoms with Crippen LogP contribution in [0.2, 0.25) is 5.02 Å². The van der Waals surface area contributed by atoms with Crippen molar-refractivity contribution >= 4 is 35.0 Å². The minimum Gasteiger partial charge on any atom is -0.369 e. The Kier molecular flexibility index (Phi) is 10.3. The first-order chi connectivity index (χ1) is 23.0. The molecule has 1 aliphatic carbocycles. The van der Waals surface area contributed by atoms with Crippen LogP contribution in [-0.4, -0.2) is 80.7 Å². The summed E-state index contributed by atoms with van der Waals surface area (Å²) in [6, 6.07) is 6.32. The maximum Gasteiger partial charge on any atom is 0.230 e. The summed E-state index contributed by atoms with van der Waals surface area (Å²) in [6.07, 6.45) is 12.8. The van der Waals surface area contributed by atoms with Crippen LogP contribution in [0, 0.1) is 25.7 Å². The van der Waals surface area contributed by atoms with Crippen LogP contribution in [0.4, 0.5) is 5.69 Å². The van der Waals surface area contributed by atoms with Crippen LogP contribution in [0.3, 0.4) is 0 Å². The van der Waals surface area contributed by atoms with E-state index in [1.807, 2.05) is 39.8 Å². The molecule has 0 bridgehead atoms. The monoisotopic (exact) mass is 674 g/mol. The van der Waals surface area contributed by atoms with Gasteiger partial charge < -0.3 is 24.2 Å². The maximum atomic E-state index is 14.1. The van der Waals surface area contributed by atoms with Gasteiger partial charge >= 0.3 is 0 Å². The number of carbonyl (C=O) groups excluding carboxylic acids is 3. The van der Waals surface area contributed by atoms with Crippen LogP contribution < -0.4 is 4.90 Å². The number of benzene rings is 1. The Balaban J connectivity index is 1.16. The second-order valence-electron chi connectivity index (χ2n) is 14.2. The highest BCUT2D eigenvalue weighted by atomic mass is 35.5. The van der Waals surface area contributed by atoms with Crippen molar-refractivity contribution in [3.63, 3.8) is 0 Å². The lowest BCUT2D eigenvalue weighted by molar-refractivity contribution is -0.136. The third-order valence-electron chi connectivity index (χ3n) is 10.8. The van der Waals surface area contributed by atoms with Gasteiger partial charge in [0.15, 0.2) is 0 Å². The molecule has 258 valence electrons. The molecule has 6 rings (SSSR count). The number of imidazole rings is 1. The summed E-state index contributed by atoms with van der Waals surface area (Å²) in [5.41, 5.74) is 5.32. The average Bonchev–Trinajstić information content (AvgIpc) is 3.86. The number of hydrogen-bond acceptors (Lipinski definition) is 5. The van der Waals surface area contributed by atoms with Crippen molar-refractivity contribution < 1.29 is 14.4 Å². The van der Waals surface area contributed by atoms with Gasteiger partial charge in [-0.05, 0) is 90.0 Å². The zero-order chi connectivity index (χ0) is 34.1. The number of likely N-dealkylation sites (tertiary alicyclic amines) is 1. The van der Waals surface area contributed by atoms with Gasteiger partial charge in [-0.3, -0.25) is 14.4 Å². The molecule has 10 heteroatoms. The molecule has 4 heterocycles. The zero-order valence-corrected chi connectivity index (χ0v) is 30.0. The summed E-state index contributed by atoms with van der Waals surface area (Å²) in [7, 11) is 0. The highest BCUT2D eigenvalue weighted by Crippen LogP contribution is 2.35. The first-order valence-corrected chi connectivity index (χ1v) is 18.2. The van der Waals surface area contributed by atoms with Gasteiger partial charge in [0.25, 0.3) is 0 Å². The van der Waals surface area contributed by atoms with Gasteiger partial charge in [-0.2, -0.15) is 0 Å². The van der Waals surface area contributed by atoms with Crippen molar-refractivity contribution in [2.45, 2.75) is 98.2 Å². The van der Waals surface area contributed by atoms with E-state index < -0.39 is 0 Å². The lowest BCUT2D eigenvalue weighted by Crippen LogP contribution is -2.46. The summed E-state index contributed by atoms with van der Waals surface area (Å²) in [6.45, 7) is 14.0. The smallest absolute Gasteiger partial charge is 0.230 e. The molecule has 48 heavy (non-hydrogen) atoms. The van der Waals surface area contributed by atoms with Crippen molar-refractivity contribution in [2.75, 3.05) is 37.6 Å². The Labute approximate surface area is 290 Å². The molecule has 4 aliphatic rings.